The van der Waals surface area contributed by atoms with Gasteiger partial charge in [0.2, 0.25) is 5.82 Å². The Labute approximate surface area is 107 Å². The van der Waals surface area contributed by atoms with Gasteiger partial charge in [-0.1, -0.05) is 11.6 Å². The molecule has 8 heteroatoms. The molecule has 2 aromatic rings. The van der Waals surface area contributed by atoms with Gasteiger partial charge in [0, 0.05) is 12.3 Å². The smallest absolute Gasteiger partial charge is 0.216 e. The summed E-state index contributed by atoms with van der Waals surface area (Å²) in [6, 6.07) is 6.37. The van der Waals surface area contributed by atoms with Gasteiger partial charge in [0.25, 0.3) is 0 Å². The Balaban J connectivity index is 2.22. The molecule has 0 atom stereocenters. The highest BCUT2D eigenvalue weighted by atomic mass is 35.5. The summed E-state index contributed by atoms with van der Waals surface area (Å²) in [5, 5.41) is 34.3. The second-order valence-electron chi connectivity index (χ2n) is 3.21. The van der Waals surface area contributed by atoms with Crippen molar-refractivity contribution in [3.05, 3.63) is 35.2 Å². The van der Waals surface area contributed by atoms with E-state index in [0.717, 1.165) is 0 Å². The Kier molecular flexibility index (Phi) is 3.41. The highest BCUT2D eigenvalue weighted by Gasteiger charge is 2.06. The van der Waals surface area contributed by atoms with Crippen molar-refractivity contribution in [3.63, 3.8) is 0 Å². The zero-order valence-corrected chi connectivity index (χ0v) is 9.68. The maximum absolute atomic E-state index is 9.20. The average Bonchev–Trinajstić information content (AvgIpc) is 2.86. The van der Waals surface area contributed by atoms with Gasteiger partial charge in [-0.3, -0.25) is 0 Å². The number of nitriles is 1. The molecule has 0 unspecified atom stereocenters. The molecule has 2 rings (SSSR count). The van der Waals surface area contributed by atoms with E-state index in [0.29, 0.717) is 10.7 Å². The average molecular weight is 263 g/mol. The van der Waals surface area contributed by atoms with Crippen LogP contribution in [0, 0.1) is 11.3 Å². The zero-order valence-electron chi connectivity index (χ0n) is 8.92. The minimum atomic E-state index is 0.0632. The molecule has 3 N–H and O–H groups in total. The van der Waals surface area contributed by atoms with Crippen molar-refractivity contribution in [1.82, 2.24) is 20.6 Å². The molecule has 0 radical (unpaired) electrons. The van der Waals surface area contributed by atoms with Gasteiger partial charge >= 0.3 is 0 Å². The Hall–Kier alpha value is -2.59. The van der Waals surface area contributed by atoms with Crippen molar-refractivity contribution in [2.75, 3.05) is 5.32 Å². The summed E-state index contributed by atoms with van der Waals surface area (Å²) in [6.07, 6.45) is 1.41. The fourth-order valence-corrected chi connectivity index (χ4v) is 1.42. The maximum atomic E-state index is 9.20. The number of aromatic amines is 1. The standard InChI is InChI=1S/C10H7ClN6O/c11-8-3-7(18)1-2-9(8)13-5-6(4-12)10-14-16-17-15-10/h1-3,5,13,18H,(H,14,15,16,17). The molecule has 0 aliphatic heterocycles. The molecule has 0 aliphatic rings. The van der Waals surface area contributed by atoms with E-state index in [4.69, 9.17) is 16.9 Å². The third-order valence-electron chi connectivity index (χ3n) is 2.03. The summed E-state index contributed by atoms with van der Waals surface area (Å²) in [5.74, 6) is 0.244. The van der Waals surface area contributed by atoms with Crippen molar-refractivity contribution in [1.29, 1.82) is 5.26 Å². The molecule has 7 nitrogen and oxygen atoms in total. The van der Waals surface area contributed by atoms with Gasteiger partial charge in [0.15, 0.2) is 0 Å². The van der Waals surface area contributed by atoms with Gasteiger partial charge in [-0.2, -0.15) is 10.5 Å². The van der Waals surface area contributed by atoms with Crippen LogP contribution >= 0.6 is 11.6 Å². The van der Waals surface area contributed by atoms with E-state index in [9.17, 15) is 5.11 Å². The van der Waals surface area contributed by atoms with Gasteiger partial charge in [-0.05, 0) is 17.3 Å². The lowest BCUT2D eigenvalue weighted by atomic mass is 10.3. The van der Waals surface area contributed by atoms with Gasteiger partial charge < -0.3 is 10.4 Å². The number of rotatable bonds is 3. The SMILES string of the molecule is N#CC(=CNc1ccc(O)cc1Cl)c1nn[nH]n1. The van der Waals surface area contributed by atoms with E-state index in [1.807, 2.05) is 6.07 Å². The summed E-state index contributed by atoms with van der Waals surface area (Å²) in [5.41, 5.74) is 0.749. The lowest BCUT2D eigenvalue weighted by Crippen LogP contribution is -1.93. The van der Waals surface area contributed by atoms with Crippen LogP contribution in [-0.4, -0.2) is 25.7 Å². The number of hydrogen-bond acceptors (Lipinski definition) is 6. The minimum Gasteiger partial charge on any atom is -0.508 e. The number of halogens is 1. The first-order valence-corrected chi connectivity index (χ1v) is 5.17. The number of phenolic OH excluding ortho intramolecular Hbond substituents is 1. The number of nitrogens with one attached hydrogen (secondary N) is 2. The number of aromatic nitrogens is 4. The molecule has 0 spiro atoms. The molecule has 0 aliphatic carbocycles. The number of nitrogens with zero attached hydrogens (tertiary/aromatic N) is 4. The Morgan fingerprint density at radius 1 is 1.56 bits per heavy atom. The zero-order chi connectivity index (χ0) is 13.0. The van der Waals surface area contributed by atoms with E-state index in [2.05, 4.69) is 25.9 Å². The Morgan fingerprint density at radius 2 is 2.39 bits per heavy atom. The Bertz CT molecular complexity index is 616. The van der Waals surface area contributed by atoms with E-state index < -0.39 is 0 Å². The number of allylic oxidation sites excluding steroid dienone is 1. The van der Waals surface area contributed by atoms with E-state index in [1.54, 1.807) is 6.07 Å². The molecule has 0 saturated carbocycles. The predicted octanol–water partition coefficient (Wildman–Crippen LogP) is 1.54. The summed E-state index contributed by atoms with van der Waals surface area (Å²) >= 11 is 5.90. The van der Waals surface area contributed by atoms with Crippen LogP contribution in [0.5, 0.6) is 5.75 Å². The molecule has 0 bridgehead atoms. The second-order valence-corrected chi connectivity index (χ2v) is 3.62. The first-order chi connectivity index (χ1) is 8.70. The van der Waals surface area contributed by atoms with Gasteiger partial charge in [-0.15, -0.1) is 10.2 Å². The van der Waals surface area contributed by atoms with E-state index in [1.165, 1.54) is 18.3 Å². The van der Waals surface area contributed by atoms with Crippen LogP contribution in [0.15, 0.2) is 24.4 Å². The van der Waals surface area contributed by atoms with Crippen LogP contribution in [-0.2, 0) is 0 Å². The third kappa shape index (κ3) is 2.56. The normalized spacial score (nSPS) is 11.0. The molecule has 90 valence electrons. The molecular weight excluding hydrogens is 256 g/mol. The number of tetrazole rings is 1. The molecule has 1 aromatic carbocycles. The quantitative estimate of drug-likeness (QED) is 0.571. The van der Waals surface area contributed by atoms with Crippen LogP contribution in [0.2, 0.25) is 5.02 Å². The predicted molar refractivity (Wildman–Crippen MR) is 64.5 cm³/mol. The Morgan fingerprint density at radius 3 is 3.00 bits per heavy atom. The molecule has 18 heavy (non-hydrogen) atoms. The summed E-state index contributed by atoms with van der Waals surface area (Å²) in [7, 11) is 0. The van der Waals surface area contributed by atoms with Crippen molar-refractivity contribution < 1.29 is 5.11 Å². The van der Waals surface area contributed by atoms with Crippen LogP contribution in [0.4, 0.5) is 5.69 Å². The van der Waals surface area contributed by atoms with Crippen LogP contribution in [0.1, 0.15) is 5.82 Å². The van der Waals surface area contributed by atoms with Gasteiger partial charge in [0.1, 0.15) is 17.4 Å². The largest absolute Gasteiger partial charge is 0.508 e. The van der Waals surface area contributed by atoms with Crippen LogP contribution in [0.3, 0.4) is 0 Å². The molecule has 1 aromatic heterocycles. The molecule has 0 fully saturated rings. The van der Waals surface area contributed by atoms with E-state index in [-0.39, 0.29) is 17.1 Å². The number of hydrogen-bond donors (Lipinski definition) is 3. The summed E-state index contributed by atoms with van der Waals surface area (Å²) in [4.78, 5) is 0. The van der Waals surface area contributed by atoms with Gasteiger partial charge in [0.05, 0.1) is 10.7 Å². The fraction of sp³-hybridized carbons (Fsp3) is 0. The second kappa shape index (κ2) is 5.16. The summed E-state index contributed by atoms with van der Waals surface area (Å²) in [6.45, 7) is 0. The highest BCUT2D eigenvalue weighted by Crippen LogP contribution is 2.26. The van der Waals surface area contributed by atoms with Gasteiger partial charge in [-0.25, -0.2) is 0 Å². The number of anilines is 1. The highest BCUT2D eigenvalue weighted by molar-refractivity contribution is 6.33. The first-order valence-electron chi connectivity index (χ1n) is 4.80. The first kappa shape index (κ1) is 11.9. The molecule has 0 amide bonds. The molecule has 1 heterocycles. The van der Waals surface area contributed by atoms with Crippen molar-refractivity contribution in [2.24, 2.45) is 0 Å². The maximum Gasteiger partial charge on any atom is 0.216 e. The number of phenols is 1. The van der Waals surface area contributed by atoms with Crippen molar-refractivity contribution in [3.8, 4) is 11.8 Å². The molecule has 0 saturated heterocycles. The van der Waals surface area contributed by atoms with Crippen molar-refractivity contribution in [2.45, 2.75) is 0 Å². The van der Waals surface area contributed by atoms with Crippen LogP contribution < -0.4 is 5.32 Å². The van der Waals surface area contributed by atoms with Crippen molar-refractivity contribution >= 4 is 22.9 Å². The number of benzene rings is 1. The lowest BCUT2D eigenvalue weighted by Gasteiger charge is -2.04. The topological polar surface area (TPSA) is 111 Å². The minimum absolute atomic E-state index is 0.0632. The number of aromatic hydroxyl groups is 1. The monoisotopic (exact) mass is 262 g/mol. The van der Waals surface area contributed by atoms with E-state index >= 15 is 0 Å². The lowest BCUT2D eigenvalue weighted by molar-refractivity contribution is 0.475. The summed E-state index contributed by atoms with van der Waals surface area (Å²) < 4.78 is 0. The fourth-order valence-electron chi connectivity index (χ4n) is 1.19. The number of H-pyrrole nitrogens is 1. The molecular formula is C10H7ClN6O. The third-order valence-corrected chi connectivity index (χ3v) is 2.34. The van der Waals surface area contributed by atoms with Crippen LogP contribution in [0.25, 0.3) is 5.57 Å².